The van der Waals surface area contributed by atoms with Crippen LogP contribution in [0.15, 0.2) is 36.7 Å². The number of nitrogens with zero attached hydrogens (tertiary/aromatic N) is 1. The zero-order chi connectivity index (χ0) is 14.5. The van der Waals surface area contributed by atoms with E-state index in [0.29, 0.717) is 5.56 Å². The molecule has 1 aromatic carbocycles. The van der Waals surface area contributed by atoms with E-state index >= 15 is 0 Å². The van der Waals surface area contributed by atoms with Gasteiger partial charge in [-0.15, -0.1) is 0 Å². The number of aromatic nitrogens is 2. The molecule has 0 aliphatic carbocycles. The van der Waals surface area contributed by atoms with E-state index in [-0.39, 0.29) is 17.7 Å². The molecule has 20 heavy (non-hydrogen) atoms. The van der Waals surface area contributed by atoms with E-state index in [1.807, 2.05) is 0 Å². The van der Waals surface area contributed by atoms with Crippen LogP contribution in [0.1, 0.15) is 15.9 Å². The second-order valence-electron chi connectivity index (χ2n) is 4.22. The molecule has 4 N–H and O–H groups in total. The van der Waals surface area contributed by atoms with Crippen LogP contribution in [0.25, 0.3) is 0 Å². The average Bonchev–Trinajstić information content (AvgIpc) is 2.94. The highest BCUT2D eigenvalue weighted by molar-refractivity contribution is 5.96. The van der Waals surface area contributed by atoms with E-state index in [4.69, 9.17) is 5.11 Å². The lowest BCUT2D eigenvalue weighted by atomic mass is 10.1. The molecule has 0 unspecified atom stereocenters. The summed E-state index contributed by atoms with van der Waals surface area (Å²) in [6, 6.07) is 5.09. The quantitative estimate of drug-likeness (QED) is 0.635. The molecule has 0 spiro atoms. The van der Waals surface area contributed by atoms with E-state index in [9.17, 15) is 14.7 Å². The third-order valence-electron chi connectivity index (χ3n) is 2.74. The fourth-order valence-electron chi connectivity index (χ4n) is 1.68. The first-order valence-electron chi connectivity index (χ1n) is 5.86. The van der Waals surface area contributed by atoms with Gasteiger partial charge in [0.1, 0.15) is 11.8 Å². The molecule has 0 saturated carbocycles. The molecule has 0 radical (unpaired) electrons. The maximum Gasteiger partial charge on any atom is 0.326 e. The van der Waals surface area contributed by atoms with Gasteiger partial charge in [-0.1, -0.05) is 12.1 Å². The highest BCUT2D eigenvalue weighted by Gasteiger charge is 2.21. The fraction of sp³-hybridized carbons (Fsp3) is 0.154. The van der Waals surface area contributed by atoms with Crippen molar-refractivity contribution in [2.45, 2.75) is 12.5 Å². The van der Waals surface area contributed by atoms with Crippen LogP contribution in [-0.4, -0.2) is 38.3 Å². The minimum Gasteiger partial charge on any atom is -0.508 e. The predicted molar refractivity (Wildman–Crippen MR) is 69.3 cm³/mol. The zero-order valence-corrected chi connectivity index (χ0v) is 10.4. The molecule has 2 aromatic rings. The van der Waals surface area contributed by atoms with Gasteiger partial charge in [0.15, 0.2) is 0 Å². The number of rotatable bonds is 5. The van der Waals surface area contributed by atoms with Crippen LogP contribution in [0.2, 0.25) is 0 Å². The Morgan fingerprint density at radius 3 is 2.55 bits per heavy atom. The number of aromatic amines is 1. The SMILES string of the molecule is O=C(N[C@H](Cc1ccc(O)cc1)C(=O)O)c1cn[nH]c1. The monoisotopic (exact) mass is 275 g/mol. The number of H-pyrrole nitrogens is 1. The Balaban J connectivity index is 2.06. The van der Waals surface area contributed by atoms with Gasteiger partial charge in [-0.05, 0) is 17.7 Å². The number of nitrogens with one attached hydrogen (secondary N) is 2. The van der Waals surface area contributed by atoms with Crippen molar-refractivity contribution in [1.82, 2.24) is 15.5 Å². The molecule has 7 nitrogen and oxygen atoms in total. The van der Waals surface area contributed by atoms with Crippen LogP contribution in [0.5, 0.6) is 5.75 Å². The molecule has 0 fully saturated rings. The predicted octanol–water partition coefficient (Wildman–Crippen LogP) is 0.541. The summed E-state index contributed by atoms with van der Waals surface area (Å²) in [7, 11) is 0. The topological polar surface area (TPSA) is 115 Å². The molecule has 1 aromatic heterocycles. The Morgan fingerprint density at radius 2 is 2.00 bits per heavy atom. The normalized spacial score (nSPS) is 11.8. The first-order valence-corrected chi connectivity index (χ1v) is 5.86. The molecule has 0 bridgehead atoms. The number of amides is 1. The van der Waals surface area contributed by atoms with E-state index in [2.05, 4.69) is 15.5 Å². The Kier molecular flexibility index (Phi) is 3.99. The molecule has 7 heteroatoms. The van der Waals surface area contributed by atoms with Crippen molar-refractivity contribution in [3.05, 3.63) is 47.8 Å². The van der Waals surface area contributed by atoms with E-state index in [0.717, 1.165) is 0 Å². The molecule has 0 saturated heterocycles. The number of phenols is 1. The van der Waals surface area contributed by atoms with Gasteiger partial charge in [0.05, 0.1) is 11.8 Å². The van der Waals surface area contributed by atoms with Crippen LogP contribution < -0.4 is 5.32 Å². The number of hydrogen-bond acceptors (Lipinski definition) is 4. The minimum atomic E-state index is -1.13. The largest absolute Gasteiger partial charge is 0.508 e. The molecular formula is C13H13N3O4. The Morgan fingerprint density at radius 1 is 1.30 bits per heavy atom. The molecule has 2 rings (SSSR count). The van der Waals surface area contributed by atoms with E-state index in [1.165, 1.54) is 24.5 Å². The van der Waals surface area contributed by atoms with Crippen molar-refractivity contribution in [2.24, 2.45) is 0 Å². The smallest absolute Gasteiger partial charge is 0.326 e. The van der Waals surface area contributed by atoms with Gasteiger partial charge >= 0.3 is 5.97 Å². The molecule has 1 heterocycles. The summed E-state index contributed by atoms with van der Waals surface area (Å²) < 4.78 is 0. The Hall–Kier alpha value is -2.83. The zero-order valence-electron chi connectivity index (χ0n) is 10.4. The molecule has 1 atom stereocenters. The second-order valence-corrected chi connectivity index (χ2v) is 4.22. The molecule has 104 valence electrons. The minimum absolute atomic E-state index is 0.100. The summed E-state index contributed by atoms with van der Waals surface area (Å²) in [5.41, 5.74) is 0.963. The molecular weight excluding hydrogens is 262 g/mol. The Labute approximate surface area is 114 Å². The summed E-state index contributed by atoms with van der Waals surface area (Å²) in [4.78, 5) is 23.0. The summed E-state index contributed by atoms with van der Waals surface area (Å²) in [6.45, 7) is 0. The van der Waals surface area contributed by atoms with Crippen molar-refractivity contribution in [3.63, 3.8) is 0 Å². The van der Waals surface area contributed by atoms with Crippen molar-refractivity contribution in [3.8, 4) is 5.75 Å². The lowest BCUT2D eigenvalue weighted by Crippen LogP contribution is -2.42. The summed E-state index contributed by atoms with van der Waals surface area (Å²) in [6.07, 6.45) is 2.82. The van der Waals surface area contributed by atoms with Gasteiger partial charge in [-0.25, -0.2) is 4.79 Å². The summed E-state index contributed by atoms with van der Waals surface area (Å²) in [5, 5.41) is 26.9. The van der Waals surface area contributed by atoms with Crippen molar-refractivity contribution < 1.29 is 19.8 Å². The van der Waals surface area contributed by atoms with Gasteiger partial charge in [0.2, 0.25) is 0 Å². The van der Waals surface area contributed by atoms with Crippen LogP contribution in [0.3, 0.4) is 0 Å². The van der Waals surface area contributed by atoms with Gasteiger partial charge < -0.3 is 15.5 Å². The maximum atomic E-state index is 11.8. The number of aromatic hydroxyl groups is 1. The Bertz CT molecular complexity index is 593. The number of hydrogen-bond donors (Lipinski definition) is 4. The van der Waals surface area contributed by atoms with Crippen molar-refractivity contribution >= 4 is 11.9 Å². The lowest BCUT2D eigenvalue weighted by Gasteiger charge is -2.14. The van der Waals surface area contributed by atoms with Gasteiger partial charge in [-0.3, -0.25) is 9.89 Å². The average molecular weight is 275 g/mol. The summed E-state index contributed by atoms with van der Waals surface area (Å²) >= 11 is 0. The summed E-state index contributed by atoms with van der Waals surface area (Å²) in [5.74, 6) is -1.54. The standard InChI is InChI=1S/C13H13N3O4/c17-10-3-1-8(2-4-10)5-11(13(19)20)16-12(18)9-6-14-15-7-9/h1-4,6-7,11,17H,5H2,(H,14,15)(H,16,18)(H,19,20)/t11-/m1/s1. The second kappa shape index (κ2) is 5.87. The number of carboxylic acids is 1. The van der Waals surface area contributed by atoms with E-state index < -0.39 is 17.9 Å². The van der Waals surface area contributed by atoms with Gasteiger partial charge in [0, 0.05) is 12.6 Å². The number of benzene rings is 1. The number of carbonyl (C=O) groups excluding carboxylic acids is 1. The van der Waals surface area contributed by atoms with Crippen LogP contribution in [-0.2, 0) is 11.2 Å². The lowest BCUT2D eigenvalue weighted by molar-refractivity contribution is -0.139. The number of aliphatic carboxylic acids is 1. The van der Waals surface area contributed by atoms with Gasteiger partial charge in [-0.2, -0.15) is 5.10 Å². The fourth-order valence-corrected chi connectivity index (χ4v) is 1.68. The van der Waals surface area contributed by atoms with Crippen LogP contribution >= 0.6 is 0 Å². The van der Waals surface area contributed by atoms with Crippen LogP contribution in [0.4, 0.5) is 0 Å². The number of carboxylic acid groups (broad SMARTS) is 1. The highest BCUT2D eigenvalue weighted by atomic mass is 16.4. The van der Waals surface area contributed by atoms with Crippen molar-refractivity contribution in [1.29, 1.82) is 0 Å². The van der Waals surface area contributed by atoms with Crippen LogP contribution in [0, 0.1) is 0 Å². The van der Waals surface area contributed by atoms with Gasteiger partial charge in [0.25, 0.3) is 5.91 Å². The highest BCUT2D eigenvalue weighted by Crippen LogP contribution is 2.11. The third-order valence-corrected chi connectivity index (χ3v) is 2.74. The third kappa shape index (κ3) is 3.35. The first kappa shape index (κ1) is 13.6. The number of phenolic OH excluding ortho intramolecular Hbond substituents is 1. The number of carbonyl (C=O) groups is 2. The molecule has 1 amide bonds. The van der Waals surface area contributed by atoms with E-state index in [1.54, 1.807) is 12.1 Å². The molecule has 0 aliphatic rings. The maximum absolute atomic E-state index is 11.8. The van der Waals surface area contributed by atoms with Crippen molar-refractivity contribution in [2.75, 3.05) is 0 Å². The first-order chi connectivity index (χ1) is 9.56. The molecule has 0 aliphatic heterocycles.